The zero-order chi connectivity index (χ0) is 20.2. The highest BCUT2D eigenvalue weighted by atomic mass is 32.3. The van der Waals surface area contributed by atoms with E-state index in [9.17, 15) is 8.42 Å². The molecule has 0 spiro atoms. The number of benzene rings is 1. The minimum Gasteiger partial charge on any atom is -0.362 e. The van der Waals surface area contributed by atoms with Crippen LogP contribution < -0.4 is 4.18 Å². The van der Waals surface area contributed by atoms with Gasteiger partial charge in [0.2, 0.25) is 0 Å². The van der Waals surface area contributed by atoms with Crippen molar-refractivity contribution in [3.8, 4) is 5.75 Å². The maximum atomic E-state index is 12.2. The third-order valence-electron chi connectivity index (χ3n) is 4.57. The Hall–Kier alpha value is -1.27. The van der Waals surface area contributed by atoms with Crippen molar-refractivity contribution in [2.24, 2.45) is 0 Å². The minimum atomic E-state index is -4.28. The number of hydrogen-bond donors (Lipinski definition) is 0. The van der Waals surface area contributed by atoms with Crippen LogP contribution in [-0.4, -0.2) is 57.3 Å². The van der Waals surface area contributed by atoms with Gasteiger partial charge in [0.05, 0.1) is 6.61 Å². The first-order chi connectivity index (χ1) is 13.0. The third kappa shape index (κ3) is 4.18. The van der Waals surface area contributed by atoms with Gasteiger partial charge >= 0.3 is 10.4 Å². The number of hydrogen-bond acceptors (Lipinski definition) is 9. The van der Waals surface area contributed by atoms with Crippen LogP contribution in [0.5, 0.6) is 5.75 Å². The summed E-state index contributed by atoms with van der Waals surface area (Å²) >= 11 is 0. The molecule has 1 aromatic carbocycles. The van der Waals surface area contributed by atoms with Crippen LogP contribution >= 0.6 is 0 Å². The average molecular weight is 416 g/mol. The van der Waals surface area contributed by atoms with Gasteiger partial charge in [-0.15, -0.1) is 0 Å². The number of para-hydroxylation sites is 1. The van der Waals surface area contributed by atoms with E-state index < -0.39 is 52.7 Å². The van der Waals surface area contributed by atoms with Crippen LogP contribution in [0.3, 0.4) is 0 Å². The molecule has 0 radical (unpaired) electrons. The molecule has 0 N–H and O–H groups in total. The molecule has 3 heterocycles. The summed E-state index contributed by atoms with van der Waals surface area (Å²) in [7, 11) is -4.28. The van der Waals surface area contributed by atoms with Crippen molar-refractivity contribution >= 4 is 10.4 Å². The molecule has 3 saturated heterocycles. The Balaban J connectivity index is 1.46. The molecule has 28 heavy (non-hydrogen) atoms. The molecular weight excluding hydrogens is 392 g/mol. The first-order valence-corrected chi connectivity index (χ1v) is 10.4. The van der Waals surface area contributed by atoms with Crippen LogP contribution in [-0.2, 0) is 38.3 Å². The Morgan fingerprint density at radius 2 is 1.50 bits per heavy atom. The van der Waals surface area contributed by atoms with Gasteiger partial charge in [-0.1, -0.05) is 18.2 Å². The number of rotatable bonds is 5. The van der Waals surface area contributed by atoms with E-state index in [1.165, 1.54) is 12.1 Å². The molecule has 0 aliphatic carbocycles. The number of fused-ring (bicyclic) bond motifs is 3. The van der Waals surface area contributed by atoms with Gasteiger partial charge in [-0.25, -0.2) is 4.18 Å². The molecule has 156 valence electrons. The van der Waals surface area contributed by atoms with Crippen molar-refractivity contribution in [3.63, 3.8) is 0 Å². The molecule has 3 fully saturated rings. The van der Waals surface area contributed by atoms with Crippen LogP contribution in [0.25, 0.3) is 0 Å². The molecule has 1 aromatic rings. The summed E-state index contributed by atoms with van der Waals surface area (Å²) in [5.41, 5.74) is 0. The summed E-state index contributed by atoms with van der Waals surface area (Å²) in [4.78, 5) is 0. The van der Waals surface area contributed by atoms with Gasteiger partial charge in [0.1, 0.15) is 30.2 Å². The topological polar surface area (TPSA) is 98.8 Å². The van der Waals surface area contributed by atoms with E-state index in [1.807, 2.05) is 0 Å². The van der Waals surface area contributed by atoms with Crippen molar-refractivity contribution < 1.29 is 40.5 Å². The fourth-order valence-corrected chi connectivity index (χ4v) is 4.29. The Kier molecular flexibility index (Phi) is 4.94. The van der Waals surface area contributed by atoms with Gasteiger partial charge in [0.15, 0.2) is 17.9 Å². The van der Waals surface area contributed by atoms with Gasteiger partial charge in [-0.2, -0.15) is 8.42 Å². The SMILES string of the molecule is CC1(C)OC2[C@@H](O1)C(COS(=O)(=O)Oc1ccccc1)O[C@@H]1OC(C)(C)O[C@@H]21. The highest BCUT2D eigenvalue weighted by Gasteiger charge is 2.60. The molecule has 3 aliphatic heterocycles. The largest absolute Gasteiger partial charge is 0.449 e. The van der Waals surface area contributed by atoms with Gasteiger partial charge in [-0.05, 0) is 39.8 Å². The third-order valence-corrected chi connectivity index (χ3v) is 5.39. The fraction of sp³-hybridized carbons (Fsp3) is 0.667. The van der Waals surface area contributed by atoms with Gasteiger partial charge < -0.3 is 27.9 Å². The molecule has 0 aromatic heterocycles. The standard InChI is InChI=1S/C18H24O9S/c1-17(2)23-13-12(10-21-28(19,20)27-11-8-6-5-7-9-11)22-16-15(14(13)24-17)25-18(3,4)26-16/h5-9,12-16H,10H2,1-4H3/t12?,13-,14?,15-,16+/m0/s1. The highest BCUT2D eigenvalue weighted by molar-refractivity contribution is 7.82. The van der Waals surface area contributed by atoms with Crippen molar-refractivity contribution in [2.75, 3.05) is 6.61 Å². The first kappa shape index (κ1) is 20.0. The summed E-state index contributed by atoms with van der Waals surface area (Å²) in [5.74, 6) is -1.57. The summed E-state index contributed by atoms with van der Waals surface area (Å²) in [6.45, 7) is 6.77. The monoisotopic (exact) mass is 416 g/mol. The lowest BCUT2D eigenvalue weighted by Crippen LogP contribution is -2.56. The predicted octanol–water partition coefficient (Wildman–Crippen LogP) is 1.72. The maximum absolute atomic E-state index is 12.2. The second kappa shape index (κ2) is 6.91. The molecular formula is C18H24O9S. The van der Waals surface area contributed by atoms with Crippen LogP contribution in [0.15, 0.2) is 30.3 Å². The Labute approximate surface area is 164 Å². The predicted molar refractivity (Wildman–Crippen MR) is 94.5 cm³/mol. The summed E-state index contributed by atoms with van der Waals surface area (Å²) in [6.07, 6.45) is -3.03. The van der Waals surface area contributed by atoms with Crippen LogP contribution in [0.2, 0.25) is 0 Å². The molecule has 0 saturated carbocycles. The lowest BCUT2D eigenvalue weighted by Gasteiger charge is -2.36. The molecule has 10 heteroatoms. The van der Waals surface area contributed by atoms with Crippen molar-refractivity contribution in [3.05, 3.63) is 30.3 Å². The van der Waals surface area contributed by atoms with Gasteiger partial charge in [0, 0.05) is 0 Å². The fourth-order valence-electron chi connectivity index (χ4n) is 3.60. The number of ether oxygens (including phenoxy) is 5. The zero-order valence-electron chi connectivity index (χ0n) is 16.1. The van der Waals surface area contributed by atoms with Crippen LogP contribution in [0.1, 0.15) is 27.7 Å². The Morgan fingerprint density at radius 3 is 2.21 bits per heavy atom. The minimum absolute atomic E-state index is 0.154. The molecule has 9 nitrogen and oxygen atoms in total. The van der Waals surface area contributed by atoms with Crippen molar-refractivity contribution in [1.82, 2.24) is 0 Å². The van der Waals surface area contributed by atoms with E-state index in [-0.39, 0.29) is 12.4 Å². The first-order valence-electron chi connectivity index (χ1n) is 9.04. The molecule has 4 rings (SSSR count). The van der Waals surface area contributed by atoms with E-state index in [0.29, 0.717) is 0 Å². The van der Waals surface area contributed by atoms with Crippen LogP contribution in [0.4, 0.5) is 0 Å². The molecule has 3 aliphatic rings. The van der Waals surface area contributed by atoms with Crippen LogP contribution in [0, 0.1) is 0 Å². The zero-order valence-corrected chi connectivity index (χ0v) is 16.9. The van der Waals surface area contributed by atoms with E-state index >= 15 is 0 Å². The average Bonchev–Trinajstić information content (AvgIpc) is 3.07. The van der Waals surface area contributed by atoms with E-state index in [4.69, 9.17) is 32.1 Å². The lowest BCUT2D eigenvalue weighted by atomic mass is 9.99. The van der Waals surface area contributed by atoms with Crippen molar-refractivity contribution in [1.29, 1.82) is 0 Å². The van der Waals surface area contributed by atoms with E-state index in [1.54, 1.807) is 45.9 Å². The normalized spacial score (nSPS) is 35.9. The summed E-state index contributed by atoms with van der Waals surface area (Å²) in [6, 6.07) is 8.09. The molecule has 0 bridgehead atoms. The molecule has 5 atom stereocenters. The second-order valence-corrected chi connectivity index (χ2v) is 9.02. The molecule has 0 amide bonds. The van der Waals surface area contributed by atoms with E-state index in [2.05, 4.69) is 0 Å². The lowest BCUT2D eigenvalue weighted by molar-refractivity contribution is -0.238. The quantitative estimate of drug-likeness (QED) is 0.710. The smallest absolute Gasteiger partial charge is 0.362 e. The highest BCUT2D eigenvalue weighted by Crippen LogP contribution is 2.44. The summed E-state index contributed by atoms with van der Waals surface area (Å²) < 4.78 is 63.8. The molecule has 2 unspecified atom stereocenters. The Bertz CT molecular complexity index is 808. The van der Waals surface area contributed by atoms with Crippen molar-refractivity contribution in [2.45, 2.75) is 70.0 Å². The van der Waals surface area contributed by atoms with E-state index in [0.717, 1.165) is 0 Å². The maximum Gasteiger partial charge on any atom is 0.449 e. The second-order valence-electron chi connectivity index (χ2n) is 7.80. The van der Waals surface area contributed by atoms with Gasteiger partial charge in [-0.3, -0.25) is 0 Å². The van der Waals surface area contributed by atoms with Gasteiger partial charge in [0.25, 0.3) is 0 Å². The Morgan fingerprint density at radius 1 is 0.893 bits per heavy atom. The summed E-state index contributed by atoms with van der Waals surface area (Å²) in [5, 5.41) is 0.